The Bertz CT molecular complexity index is 368. The number of aromatic nitrogens is 1. The third-order valence-electron chi connectivity index (χ3n) is 2.13. The number of nitriles is 1. The van der Waals surface area contributed by atoms with Gasteiger partial charge in [-0.3, -0.25) is 0 Å². The lowest BCUT2D eigenvalue weighted by molar-refractivity contribution is 0.608. The van der Waals surface area contributed by atoms with Crippen LogP contribution in [0.5, 0.6) is 0 Å². The number of anilines is 1. The molecule has 80 valence electrons. The summed E-state index contributed by atoms with van der Waals surface area (Å²) < 4.78 is 0. The molecule has 1 aliphatic heterocycles. The van der Waals surface area contributed by atoms with Crippen LogP contribution in [-0.4, -0.2) is 25.1 Å². The van der Waals surface area contributed by atoms with Crippen LogP contribution in [0.4, 0.5) is 5.82 Å². The first-order chi connectivity index (χ1) is 7.31. The molecule has 1 aliphatic rings. The van der Waals surface area contributed by atoms with Crippen LogP contribution in [0, 0.1) is 11.3 Å². The summed E-state index contributed by atoms with van der Waals surface area (Å²) in [7, 11) is 1.50. The maximum absolute atomic E-state index is 8.86. The van der Waals surface area contributed by atoms with E-state index in [1.54, 1.807) is 12.3 Å². The Labute approximate surface area is 95.1 Å². The fourth-order valence-corrected chi connectivity index (χ4v) is 1.50. The maximum Gasteiger partial charge on any atom is 0.146 e. The number of thiol groups is 1. The van der Waals surface area contributed by atoms with E-state index in [0.29, 0.717) is 5.56 Å². The van der Waals surface area contributed by atoms with Gasteiger partial charge in [0.15, 0.2) is 0 Å². The predicted molar refractivity (Wildman–Crippen MR) is 63.1 cm³/mol. The highest BCUT2D eigenvalue weighted by atomic mass is 32.1. The summed E-state index contributed by atoms with van der Waals surface area (Å²) in [6.45, 7) is 2.02. The fourth-order valence-electron chi connectivity index (χ4n) is 1.31. The Kier molecular flexibility index (Phi) is 4.40. The number of nitrogens with zero attached hydrogens (tertiary/aromatic N) is 3. The molecular weight excluding hydrogens is 208 g/mol. The fraction of sp³-hybridized carbons (Fsp3) is 0.400. The molecule has 2 rings (SSSR count). The van der Waals surface area contributed by atoms with Gasteiger partial charge in [-0.2, -0.15) is 5.26 Å². The molecule has 4 nitrogen and oxygen atoms in total. The van der Waals surface area contributed by atoms with Gasteiger partial charge in [-0.05, 0) is 19.5 Å². The van der Waals surface area contributed by atoms with Crippen molar-refractivity contribution >= 4 is 18.4 Å². The molecule has 0 saturated carbocycles. The number of pyridine rings is 1. The smallest absolute Gasteiger partial charge is 0.146 e. The van der Waals surface area contributed by atoms with Gasteiger partial charge in [-0.15, -0.1) is 12.6 Å². The van der Waals surface area contributed by atoms with E-state index in [2.05, 4.69) is 34.3 Å². The molecule has 0 radical (unpaired) electrons. The average molecular weight is 222 g/mol. The van der Waals surface area contributed by atoms with Gasteiger partial charge < -0.3 is 10.6 Å². The molecule has 5 heteroatoms. The minimum absolute atomic E-state index is 0.618. The summed E-state index contributed by atoms with van der Waals surface area (Å²) in [5.41, 5.74) is 5.12. The topological polar surface area (TPSA) is 65.9 Å². The average Bonchev–Trinajstić information content (AvgIpc) is 2.21. The Morgan fingerprint density at radius 1 is 1.53 bits per heavy atom. The van der Waals surface area contributed by atoms with E-state index >= 15 is 0 Å². The van der Waals surface area contributed by atoms with Gasteiger partial charge in [0.1, 0.15) is 11.9 Å². The van der Waals surface area contributed by atoms with Crippen molar-refractivity contribution in [3.05, 3.63) is 17.8 Å². The van der Waals surface area contributed by atoms with Gasteiger partial charge in [-0.1, -0.05) is 0 Å². The molecular formula is C10H14N4S. The van der Waals surface area contributed by atoms with Gasteiger partial charge >= 0.3 is 0 Å². The van der Waals surface area contributed by atoms with E-state index in [4.69, 9.17) is 5.26 Å². The minimum atomic E-state index is 0.618. The van der Waals surface area contributed by atoms with E-state index in [1.165, 1.54) is 13.5 Å². The zero-order chi connectivity index (χ0) is 11.3. The van der Waals surface area contributed by atoms with Gasteiger partial charge in [0.25, 0.3) is 0 Å². The van der Waals surface area contributed by atoms with Crippen molar-refractivity contribution in [3.63, 3.8) is 0 Å². The van der Waals surface area contributed by atoms with Crippen molar-refractivity contribution in [1.82, 2.24) is 4.98 Å². The largest absolute Gasteiger partial charge is 0.355 e. The number of nitrogens with two attached hydrogens (primary N) is 1. The van der Waals surface area contributed by atoms with Crippen molar-refractivity contribution in [3.8, 4) is 6.07 Å². The van der Waals surface area contributed by atoms with Crippen LogP contribution in [0.3, 0.4) is 0 Å². The zero-order valence-corrected chi connectivity index (χ0v) is 9.54. The molecule has 0 aliphatic carbocycles. The molecule has 0 aromatic carbocycles. The quantitative estimate of drug-likeness (QED) is 0.696. The second-order valence-corrected chi connectivity index (χ2v) is 3.53. The summed E-state index contributed by atoms with van der Waals surface area (Å²) >= 11 is 4.14. The highest BCUT2D eigenvalue weighted by molar-refractivity contribution is 7.80. The molecule has 0 spiro atoms. The van der Waals surface area contributed by atoms with Crippen molar-refractivity contribution < 1.29 is 0 Å². The molecule has 2 heterocycles. The highest BCUT2D eigenvalue weighted by Crippen LogP contribution is 2.23. The van der Waals surface area contributed by atoms with Crippen molar-refractivity contribution in [2.45, 2.75) is 11.3 Å². The van der Waals surface area contributed by atoms with Gasteiger partial charge in [0, 0.05) is 24.2 Å². The van der Waals surface area contributed by atoms with Crippen LogP contribution < -0.4 is 10.6 Å². The second kappa shape index (κ2) is 5.59. The molecule has 0 amide bonds. The third kappa shape index (κ3) is 2.61. The molecule has 15 heavy (non-hydrogen) atoms. The van der Waals surface area contributed by atoms with Crippen LogP contribution in [-0.2, 0) is 0 Å². The first kappa shape index (κ1) is 11.8. The SMILES string of the molecule is CN.N#Cc1cc(S)cnc1N1CCC1. The van der Waals surface area contributed by atoms with E-state index in [0.717, 1.165) is 23.8 Å². The van der Waals surface area contributed by atoms with Gasteiger partial charge in [-0.25, -0.2) is 4.98 Å². The summed E-state index contributed by atoms with van der Waals surface area (Å²) in [5.74, 6) is 0.798. The van der Waals surface area contributed by atoms with Crippen LogP contribution in [0.15, 0.2) is 17.2 Å². The summed E-state index contributed by atoms with van der Waals surface area (Å²) in [6, 6.07) is 3.89. The standard InChI is InChI=1S/C9H9N3S.CH5N/c10-5-7-4-8(13)6-11-9(7)12-2-1-3-12;1-2/h4,6,13H,1-3H2;2H2,1H3. The van der Waals surface area contributed by atoms with Crippen LogP contribution in [0.1, 0.15) is 12.0 Å². The molecule has 1 aromatic rings. The third-order valence-corrected chi connectivity index (χ3v) is 2.37. The minimum Gasteiger partial charge on any atom is -0.355 e. The lowest BCUT2D eigenvalue weighted by atomic mass is 10.2. The van der Waals surface area contributed by atoms with E-state index in [1.807, 2.05) is 0 Å². The van der Waals surface area contributed by atoms with Crippen LogP contribution in [0.2, 0.25) is 0 Å². The number of hydrogen-bond donors (Lipinski definition) is 2. The molecule has 1 saturated heterocycles. The highest BCUT2D eigenvalue weighted by Gasteiger charge is 2.18. The molecule has 1 aromatic heterocycles. The Morgan fingerprint density at radius 3 is 2.67 bits per heavy atom. The van der Waals surface area contributed by atoms with Crippen LogP contribution >= 0.6 is 12.6 Å². The Morgan fingerprint density at radius 2 is 2.20 bits per heavy atom. The van der Waals surface area contributed by atoms with E-state index in [-0.39, 0.29) is 0 Å². The maximum atomic E-state index is 8.86. The van der Waals surface area contributed by atoms with Crippen LogP contribution in [0.25, 0.3) is 0 Å². The number of rotatable bonds is 1. The first-order valence-electron chi connectivity index (χ1n) is 4.73. The Balaban J connectivity index is 0.000000531. The molecule has 0 bridgehead atoms. The van der Waals surface area contributed by atoms with E-state index in [9.17, 15) is 0 Å². The molecule has 0 atom stereocenters. The summed E-state index contributed by atoms with van der Waals surface area (Å²) in [5, 5.41) is 8.86. The molecule has 2 N–H and O–H groups in total. The monoisotopic (exact) mass is 222 g/mol. The second-order valence-electron chi connectivity index (χ2n) is 3.02. The normalized spacial score (nSPS) is 13.3. The summed E-state index contributed by atoms with van der Waals surface area (Å²) in [4.78, 5) is 7.04. The first-order valence-corrected chi connectivity index (χ1v) is 5.18. The van der Waals surface area contributed by atoms with Crippen molar-refractivity contribution in [1.29, 1.82) is 5.26 Å². The van der Waals surface area contributed by atoms with Gasteiger partial charge in [0.05, 0.1) is 5.56 Å². The lowest BCUT2D eigenvalue weighted by Crippen LogP contribution is -2.38. The predicted octanol–water partition coefficient (Wildman–Crippen LogP) is 1.03. The Hall–Kier alpha value is -1.25. The lowest BCUT2D eigenvalue weighted by Gasteiger charge is -2.32. The summed E-state index contributed by atoms with van der Waals surface area (Å²) in [6.07, 6.45) is 2.87. The van der Waals surface area contributed by atoms with Gasteiger partial charge in [0.2, 0.25) is 0 Å². The van der Waals surface area contributed by atoms with E-state index < -0.39 is 0 Å². The number of hydrogen-bond acceptors (Lipinski definition) is 5. The van der Waals surface area contributed by atoms with Crippen molar-refractivity contribution in [2.24, 2.45) is 5.73 Å². The molecule has 1 fully saturated rings. The zero-order valence-electron chi connectivity index (χ0n) is 8.64. The van der Waals surface area contributed by atoms with Crippen molar-refractivity contribution in [2.75, 3.05) is 25.0 Å². The molecule has 0 unspecified atom stereocenters.